The number of nitrogens with zero attached hydrogens (tertiary/aromatic N) is 1. The van der Waals surface area contributed by atoms with Crippen LogP contribution in [0.15, 0.2) is 30.3 Å². The molecule has 0 bridgehead atoms. The van der Waals surface area contributed by atoms with Crippen LogP contribution >= 0.6 is 0 Å². The second-order valence-corrected chi connectivity index (χ2v) is 4.02. The van der Waals surface area contributed by atoms with E-state index in [-0.39, 0.29) is 0 Å². The first-order valence-electron chi connectivity index (χ1n) is 5.47. The van der Waals surface area contributed by atoms with E-state index in [1.165, 1.54) is 0 Å². The van der Waals surface area contributed by atoms with Crippen LogP contribution in [0.5, 0.6) is 0 Å². The summed E-state index contributed by atoms with van der Waals surface area (Å²) in [7, 11) is 1.89. The monoisotopic (exact) mass is 246 g/mol. The molecule has 0 saturated carbocycles. The second-order valence-electron chi connectivity index (χ2n) is 4.02. The SMILES string of the molecule is CN(CCNCC(F)(F)F)Cc1ccccc1. The van der Waals surface area contributed by atoms with Gasteiger partial charge in [0.15, 0.2) is 0 Å². The zero-order valence-corrected chi connectivity index (χ0v) is 9.80. The lowest BCUT2D eigenvalue weighted by atomic mass is 10.2. The van der Waals surface area contributed by atoms with Gasteiger partial charge in [-0.25, -0.2) is 0 Å². The Kier molecular flexibility index (Phi) is 5.44. The van der Waals surface area contributed by atoms with Crippen LogP contribution in [0.2, 0.25) is 0 Å². The minimum Gasteiger partial charge on any atom is -0.307 e. The van der Waals surface area contributed by atoms with E-state index in [1.54, 1.807) is 0 Å². The molecule has 0 heterocycles. The third-order valence-electron chi connectivity index (χ3n) is 2.29. The van der Waals surface area contributed by atoms with Gasteiger partial charge in [-0.15, -0.1) is 0 Å². The van der Waals surface area contributed by atoms with E-state index in [0.717, 1.165) is 12.1 Å². The quantitative estimate of drug-likeness (QED) is 0.775. The molecule has 0 radical (unpaired) electrons. The molecule has 1 aromatic rings. The van der Waals surface area contributed by atoms with E-state index in [2.05, 4.69) is 5.32 Å². The normalized spacial score (nSPS) is 12.1. The Labute approximate surface area is 99.4 Å². The molecule has 2 nitrogen and oxygen atoms in total. The number of benzene rings is 1. The molecule has 1 aromatic carbocycles. The van der Waals surface area contributed by atoms with Crippen molar-refractivity contribution < 1.29 is 13.2 Å². The van der Waals surface area contributed by atoms with Crippen molar-refractivity contribution in [3.8, 4) is 0 Å². The number of nitrogens with one attached hydrogen (secondary N) is 1. The molecule has 0 unspecified atom stereocenters. The standard InChI is InChI=1S/C12H17F3N2/c1-17(8-7-16-10-12(13,14)15)9-11-5-3-2-4-6-11/h2-6,16H,7-10H2,1H3. The highest BCUT2D eigenvalue weighted by atomic mass is 19.4. The topological polar surface area (TPSA) is 15.3 Å². The van der Waals surface area contributed by atoms with Crippen LogP contribution in [0.4, 0.5) is 13.2 Å². The molecule has 0 aromatic heterocycles. The summed E-state index contributed by atoms with van der Waals surface area (Å²) in [6, 6.07) is 9.84. The fraction of sp³-hybridized carbons (Fsp3) is 0.500. The third kappa shape index (κ3) is 6.97. The molecule has 0 fully saturated rings. The number of likely N-dealkylation sites (N-methyl/N-ethyl adjacent to an activating group) is 1. The van der Waals surface area contributed by atoms with E-state index in [0.29, 0.717) is 13.1 Å². The largest absolute Gasteiger partial charge is 0.401 e. The highest BCUT2D eigenvalue weighted by Crippen LogP contribution is 2.11. The van der Waals surface area contributed by atoms with Crippen LogP contribution in [0.1, 0.15) is 5.56 Å². The van der Waals surface area contributed by atoms with Gasteiger partial charge in [-0.2, -0.15) is 13.2 Å². The lowest BCUT2D eigenvalue weighted by Gasteiger charge is -2.17. The van der Waals surface area contributed by atoms with Crippen molar-refractivity contribution in [3.05, 3.63) is 35.9 Å². The molecule has 5 heteroatoms. The minimum absolute atomic E-state index is 0.336. The van der Waals surface area contributed by atoms with E-state index < -0.39 is 12.7 Å². The van der Waals surface area contributed by atoms with Gasteiger partial charge < -0.3 is 10.2 Å². The van der Waals surface area contributed by atoms with Crippen LogP contribution in [-0.4, -0.2) is 37.8 Å². The fourth-order valence-electron chi connectivity index (χ4n) is 1.47. The molecule has 0 amide bonds. The van der Waals surface area contributed by atoms with E-state index in [9.17, 15) is 13.2 Å². The molecule has 0 saturated heterocycles. The van der Waals surface area contributed by atoms with Crippen molar-refractivity contribution >= 4 is 0 Å². The highest BCUT2D eigenvalue weighted by Gasteiger charge is 2.25. The smallest absolute Gasteiger partial charge is 0.307 e. The predicted octanol–water partition coefficient (Wildman–Crippen LogP) is 2.27. The first kappa shape index (κ1) is 14.0. The predicted molar refractivity (Wildman–Crippen MR) is 61.7 cm³/mol. The Morgan fingerprint density at radius 1 is 1.18 bits per heavy atom. The second kappa shape index (κ2) is 6.61. The molecule has 0 aliphatic rings. The maximum absolute atomic E-state index is 11.9. The van der Waals surface area contributed by atoms with Gasteiger partial charge in [-0.3, -0.25) is 0 Å². The number of rotatable bonds is 6. The average molecular weight is 246 g/mol. The maximum Gasteiger partial charge on any atom is 0.401 e. The molecule has 1 rings (SSSR count). The first-order chi connectivity index (χ1) is 7.97. The van der Waals surface area contributed by atoms with Gasteiger partial charge in [0.2, 0.25) is 0 Å². The van der Waals surface area contributed by atoms with E-state index >= 15 is 0 Å². The molecular formula is C12H17F3N2. The molecular weight excluding hydrogens is 229 g/mol. The van der Waals surface area contributed by atoms with Gasteiger partial charge in [-0.05, 0) is 12.6 Å². The maximum atomic E-state index is 11.9. The van der Waals surface area contributed by atoms with Crippen molar-refractivity contribution in [2.75, 3.05) is 26.7 Å². The number of halogens is 3. The number of alkyl halides is 3. The fourth-order valence-corrected chi connectivity index (χ4v) is 1.47. The summed E-state index contributed by atoms with van der Waals surface area (Å²) in [6.07, 6.45) is -4.13. The number of hydrogen-bond acceptors (Lipinski definition) is 2. The zero-order chi connectivity index (χ0) is 12.7. The minimum atomic E-state index is -4.13. The van der Waals surface area contributed by atoms with Gasteiger partial charge in [0.1, 0.15) is 0 Å². The van der Waals surface area contributed by atoms with E-state index in [4.69, 9.17) is 0 Å². The van der Waals surface area contributed by atoms with Crippen LogP contribution in [-0.2, 0) is 6.54 Å². The summed E-state index contributed by atoms with van der Waals surface area (Å²) >= 11 is 0. The molecule has 17 heavy (non-hydrogen) atoms. The molecule has 0 aliphatic heterocycles. The highest BCUT2D eigenvalue weighted by molar-refractivity contribution is 5.14. The molecule has 96 valence electrons. The zero-order valence-electron chi connectivity index (χ0n) is 9.80. The van der Waals surface area contributed by atoms with Crippen LogP contribution < -0.4 is 5.32 Å². The van der Waals surface area contributed by atoms with Gasteiger partial charge in [0.05, 0.1) is 6.54 Å². The van der Waals surface area contributed by atoms with Crippen LogP contribution in [0.25, 0.3) is 0 Å². The first-order valence-corrected chi connectivity index (χ1v) is 5.47. The Morgan fingerprint density at radius 3 is 2.41 bits per heavy atom. The van der Waals surface area contributed by atoms with Gasteiger partial charge >= 0.3 is 6.18 Å². The summed E-state index contributed by atoms with van der Waals surface area (Å²) in [5, 5.41) is 2.38. The molecule has 0 aliphatic carbocycles. The Bertz CT molecular complexity index is 311. The lowest BCUT2D eigenvalue weighted by molar-refractivity contribution is -0.124. The number of hydrogen-bond donors (Lipinski definition) is 1. The molecule has 0 atom stereocenters. The third-order valence-corrected chi connectivity index (χ3v) is 2.29. The summed E-state index contributed by atoms with van der Waals surface area (Å²) in [6.45, 7) is 0.745. The Balaban J connectivity index is 2.16. The summed E-state index contributed by atoms with van der Waals surface area (Å²) in [5.74, 6) is 0. The van der Waals surface area contributed by atoms with Crippen molar-refractivity contribution in [2.45, 2.75) is 12.7 Å². The van der Waals surface area contributed by atoms with Crippen molar-refractivity contribution in [2.24, 2.45) is 0 Å². The Morgan fingerprint density at radius 2 is 1.82 bits per heavy atom. The Hall–Kier alpha value is -1.07. The van der Waals surface area contributed by atoms with Gasteiger partial charge in [-0.1, -0.05) is 30.3 Å². The van der Waals surface area contributed by atoms with Crippen molar-refractivity contribution in [1.82, 2.24) is 10.2 Å². The van der Waals surface area contributed by atoms with Crippen LogP contribution in [0.3, 0.4) is 0 Å². The lowest BCUT2D eigenvalue weighted by Crippen LogP contribution is -2.34. The van der Waals surface area contributed by atoms with Crippen LogP contribution in [0, 0.1) is 0 Å². The van der Waals surface area contributed by atoms with Crippen molar-refractivity contribution in [3.63, 3.8) is 0 Å². The van der Waals surface area contributed by atoms with Gasteiger partial charge in [0.25, 0.3) is 0 Å². The summed E-state index contributed by atoms with van der Waals surface area (Å²) < 4.78 is 35.6. The van der Waals surface area contributed by atoms with E-state index in [1.807, 2.05) is 42.3 Å². The van der Waals surface area contributed by atoms with Crippen molar-refractivity contribution in [1.29, 1.82) is 0 Å². The average Bonchev–Trinajstić information content (AvgIpc) is 2.25. The molecule has 1 N–H and O–H groups in total. The van der Waals surface area contributed by atoms with Gasteiger partial charge in [0, 0.05) is 19.6 Å². The molecule has 0 spiro atoms. The summed E-state index contributed by atoms with van der Waals surface area (Å²) in [5.41, 5.74) is 1.16. The summed E-state index contributed by atoms with van der Waals surface area (Å²) in [4.78, 5) is 1.98.